The van der Waals surface area contributed by atoms with Gasteiger partial charge in [-0.25, -0.2) is 4.79 Å². The zero-order chi connectivity index (χ0) is 9.56. The number of carbonyl (C=O) groups is 2. The summed E-state index contributed by atoms with van der Waals surface area (Å²) in [7, 11) is 0. The van der Waals surface area contributed by atoms with Crippen LogP contribution in [0, 0.1) is 0 Å². The summed E-state index contributed by atoms with van der Waals surface area (Å²) < 4.78 is 8.16. The molecule has 1 unspecified atom stereocenters. The third-order valence-electron chi connectivity index (χ3n) is 1.06. The van der Waals surface area contributed by atoms with Crippen molar-refractivity contribution in [3.05, 3.63) is 0 Å². The number of rotatable bonds is 4. The molecule has 0 aliphatic heterocycles. The van der Waals surface area contributed by atoms with Gasteiger partial charge in [-0.05, 0) is 6.42 Å². The number of esters is 1. The molecule has 0 N–H and O–H groups in total. The Labute approximate surface area is 74.6 Å². The minimum absolute atomic E-state index is 0.304. The Morgan fingerprint density at radius 1 is 1.50 bits per heavy atom. The molecule has 6 heteroatoms. The second-order valence-corrected chi connectivity index (χ2v) is 2.10. The van der Waals surface area contributed by atoms with Gasteiger partial charge in [-0.1, -0.05) is 11.4 Å². The van der Waals surface area contributed by atoms with Crippen LogP contribution in [0.15, 0.2) is 0 Å². The fourth-order valence-corrected chi connectivity index (χ4v) is 0.645. The van der Waals surface area contributed by atoms with E-state index in [1.807, 2.05) is 0 Å². The van der Waals surface area contributed by atoms with Gasteiger partial charge in [-0.3, -0.25) is 9.68 Å². The molecule has 0 aliphatic carbocycles. The summed E-state index contributed by atoms with van der Waals surface area (Å²) >= 11 is 4.65. The summed E-state index contributed by atoms with van der Waals surface area (Å²) in [6.07, 6.45) is -0.653. The molecule has 0 radical (unpaired) electrons. The lowest BCUT2D eigenvalue weighted by atomic mass is 10.3. The van der Waals surface area contributed by atoms with E-state index in [9.17, 15) is 9.59 Å². The molecule has 5 nitrogen and oxygen atoms in total. The van der Waals surface area contributed by atoms with E-state index in [4.69, 9.17) is 0 Å². The Morgan fingerprint density at radius 2 is 2.08 bits per heavy atom. The molecule has 0 aromatic heterocycles. The first-order chi connectivity index (χ1) is 5.61. The average molecular weight is 197 g/mol. The molecule has 0 saturated heterocycles. The highest BCUT2D eigenvalue weighted by atomic mass is 35.5. The maximum Gasteiger partial charge on any atom is 0.384 e. The van der Waals surface area contributed by atoms with E-state index < -0.39 is 18.0 Å². The minimum Gasteiger partial charge on any atom is -0.450 e. The van der Waals surface area contributed by atoms with Crippen LogP contribution in [0.3, 0.4) is 0 Å². The van der Waals surface area contributed by atoms with E-state index in [2.05, 4.69) is 25.9 Å². The predicted molar refractivity (Wildman–Crippen MR) is 38.9 cm³/mol. The van der Waals surface area contributed by atoms with Gasteiger partial charge >= 0.3 is 11.9 Å². The Balaban J connectivity index is 3.96. The number of halogens is 1. The number of carbonyl (C=O) groups excluding carboxylic acids is 2. The van der Waals surface area contributed by atoms with Crippen LogP contribution in [0.1, 0.15) is 20.3 Å². The summed E-state index contributed by atoms with van der Waals surface area (Å²) in [5.41, 5.74) is 0. The highest BCUT2D eigenvalue weighted by Gasteiger charge is 2.21. The largest absolute Gasteiger partial charge is 0.450 e. The summed E-state index contributed by atoms with van der Waals surface area (Å²) in [6, 6.07) is 0. The quantitative estimate of drug-likeness (QED) is 0.381. The van der Waals surface area contributed by atoms with E-state index >= 15 is 0 Å². The zero-order valence-electron chi connectivity index (χ0n) is 6.70. The first-order valence-corrected chi connectivity index (χ1v) is 3.59. The van der Waals surface area contributed by atoms with Crippen molar-refractivity contribution >= 4 is 23.8 Å². The van der Waals surface area contributed by atoms with Crippen molar-refractivity contribution < 1.29 is 23.7 Å². The van der Waals surface area contributed by atoms with Gasteiger partial charge in [-0.15, -0.1) is 0 Å². The van der Waals surface area contributed by atoms with Gasteiger partial charge in [0.15, 0.2) is 0 Å². The molecule has 0 heterocycles. The van der Waals surface area contributed by atoms with Crippen molar-refractivity contribution in [2.75, 3.05) is 0 Å². The van der Waals surface area contributed by atoms with E-state index in [0.717, 1.165) is 0 Å². The number of hydrogen-bond acceptors (Lipinski definition) is 5. The first kappa shape index (κ1) is 11.2. The molecule has 70 valence electrons. The molecule has 0 bridgehead atoms. The second kappa shape index (κ2) is 5.79. The lowest BCUT2D eigenvalue weighted by molar-refractivity contribution is -0.223. The molecule has 0 amide bonds. The van der Waals surface area contributed by atoms with Gasteiger partial charge in [0.25, 0.3) is 0 Å². The third-order valence-corrected chi connectivity index (χ3v) is 1.12. The van der Waals surface area contributed by atoms with Gasteiger partial charge in [0, 0.05) is 6.92 Å². The SMILES string of the molecule is CCC(OC(C)=O)C(=O)OOCl. The topological polar surface area (TPSA) is 61.8 Å². The maximum absolute atomic E-state index is 10.8. The van der Waals surface area contributed by atoms with Crippen molar-refractivity contribution in [1.82, 2.24) is 0 Å². The lowest BCUT2D eigenvalue weighted by Gasteiger charge is -2.10. The summed E-state index contributed by atoms with van der Waals surface area (Å²) in [6.45, 7) is 2.85. The summed E-state index contributed by atoms with van der Waals surface area (Å²) in [5, 5.41) is 0. The van der Waals surface area contributed by atoms with Crippen LogP contribution in [0.2, 0.25) is 0 Å². The van der Waals surface area contributed by atoms with Crippen molar-refractivity contribution in [3.63, 3.8) is 0 Å². The third kappa shape index (κ3) is 4.15. The normalized spacial score (nSPS) is 11.9. The van der Waals surface area contributed by atoms with Crippen LogP contribution in [0.4, 0.5) is 0 Å². The van der Waals surface area contributed by atoms with Gasteiger partial charge in [-0.2, -0.15) is 0 Å². The molecule has 0 aliphatic rings. The molecule has 0 rings (SSSR count). The molecule has 1 atom stereocenters. The molecular weight excluding hydrogens is 188 g/mol. The molecule has 0 aromatic rings. The van der Waals surface area contributed by atoms with Gasteiger partial charge in [0.1, 0.15) is 11.9 Å². The molecule has 0 aromatic carbocycles. The highest BCUT2D eigenvalue weighted by Crippen LogP contribution is 2.02. The van der Waals surface area contributed by atoms with Gasteiger partial charge in [0.2, 0.25) is 6.10 Å². The van der Waals surface area contributed by atoms with E-state index in [1.54, 1.807) is 6.92 Å². The number of ether oxygens (including phenoxy) is 1. The Morgan fingerprint density at radius 3 is 2.42 bits per heavy atom. The smallest absolute Gasteiger partial charge is 0.384 e. The summed E-state index contributed by atoms with van der Waals surface area (Å²) in [4.78, 5) is 25.2. The Hall–Kier alpha value is -0.810. The number of hydrogen-bond donors (Lipinski definition) is 0. The molecule has 0 fully saturated rings. The molecule has 0 spiro atoms. The predicted octanol–water partition coefficient (Wildman–Crippen LogP) is 0.957. The molecule has 0 saturated carbocycles. The van der Waals surface area contributed by atoms with Crippen molar-refractivity contribution in [3.8, 4) is 0 Å². The fraction of sp³-hybridized carbons (Fsp3) is 0.667. The highest BCUT2D eigenvalue weighted by molar-refractivity contribution is 6.07. The van der Waals surface area contributed by atoms with Crippen LogP contribution in [-0.2, 0) is 23.7 Å². The van der Waals surface area contributed by atoms with E-state index in [-0.39, 0.29) is 0 Å². The monoisotopic (exact) mass is 196 g/mol. The fourth-order valence-electron chi connectivity index (χ4n) is 0.583. The summed E-state index contributed by atoms with van der Waals surface area (Å²) in [5.74, 6) is -1.39. The van der Waals surface area contributed by atoms with Gasteiger partial charge in [0.05, 0.1) is 0 Å². The average Bonchev–Trinajstić information content (AvgIpc) is 2.00. The standard InChI is InChI=1S/C6H9ClO5/c1-3-5(10-4(2)8)6(9)11-12-7/h5H,3H2,1-2H3. The van der Waals surface area contributed by atoms with Crippen LogP contribution < -0.4 is 0 Å². The van der Waals surface area contributed by atoms with Crippen LogP contribution in [-0.4, -0.2) is 18.0 Å². The van der Waals surface area contributed by atoms with E-state index in [1.165, 1.54) is 6.92 Å². The zero-order valence-corrected chi connectivity index (χ0v) is 7.46. The molecule has 12 heavy (non-hydrogen) atoms. The van der Waals surface area contributed by atoms with Gasteiger partial charge < -0.3 is 4.74 Å². The van der Waals surface area contributed by atoms with Crippen molar-refractivity contribution in [1.29, 1.82) is 0 Å². The Bertz CT molecular complexity index is 169. The van der Waals surface area contributed by atoms with Crippen LogP contribution in [0.25, 0.3) is 0 Å². The van der Waals surface area contributed by atoms with E-state index in [0.29, 0.717) is 6.42 Å². The van der Waals surface area contributed by atoms with Crippen LogP contribution >= 0.6 is 11.9 Å². The van der Waals surface area contributed by atoms with Crippen LogP contribution in [0.5, 0.6) is 0 Å². The lowest BCUT2D eigenvalue weighted by Crippen LogP contribution is -2.27. The Kier molecular flexibility index (Phi) is 5.40. The minimum atomic E-state index is -0.957. The van der Waals surface area contributed by atoms with Crippen molar-refractivity contribution in [2.45, 2.75) is 26.4 Å². The molecular formula is C6H9ClO5. The maximum atomic E-state index is 10.8. The second-order valence-electron chi connectivity index (χ2n) is 1.97. The van der Waals surface area contributed by atoms with Crippen molar-refractivity contribution in [2.24, 2.45) is 0 Å². The first-order valence-electron chi connectivity index (χ1n) is 3.28.